The van der Waals surface area contributed by atoms with Gasteiger partial charge in [-0.2, -0.15) is 0 Å². The van der Waals surface area contributed by atoms with E-state index < -0.39 is 0 Å². The second-order valence-electron chi connectivity index (χ2n) is 6.28. The van der Waals surface area contributed by atoms with Crippen LogP contribution in [0.1, 0.15) is 27.9 Å². The number of nitrogens with zero attached hydrogens (tertiary/aromatic N) is 2. The maximum atomic E-state index is 12.9. The molecule has 0 saturated carbocycles. The summed E-state index contributed by atoms with van der Waals surface area (Å²) >= 11 is 0. The van der Waals surface area contributed by atoms with Gasteiger partial charge in [0.15, 0.2) is 0 Å². The number of nitrogens with one attached hydrogen (secondary N) is 1. The van der Waals surface area contributed by atoms with Crippen molar-refractivity contribution in [2.24, 2.45) is 0 Å². The van der Waals surface area contributed by atoms with E-state index in [0.29, 0.717) is 31.5 Å². The number of likely N-dealkylation sites (tertiary alicyclic amines) is 1. The van der Waals surface area contributed by atoms with Gasteiger partial charge in [-0.15, -0.1) is 0 Å². The molecular formula is C19H20FN3O2. The molecule has 1 N–H and O–H groups in total. The van der Waals surface area contributed by atoms with Crippen LogP contribution in [0.2, 0.25) is 0 Å². The number of pyridine rings is 1. The molecule has 3 rings (SSSR count). The first kappa shape index (κ1) is 17.1. The number of carbonyl (C=O) groups is 2. The zero-order valence-corrected chi connectivity index (χ0v) is 14.0. The van der Waals surface area contributed by atoms with Crippen LogP contribution in [0.4, 0.5) is 4.39 Å². The molecule has 5 nitrogen and oxygen atoms in total. The molecule has 130 valence electrons. The van der Waals surface area contributed by atoms with Crippen LogP contribution >= 0.6 is 0 Å². The minimum atomic E-state index is -0.269. The second kappa shape index (κ2) is 7.42. The fourth-order valence-corrected chi connectivity index (χ4v) is 2.96. The quantitative estimate of drug-likeness (QED) is 0.906. The van der Waals surface area contributed by atoms with Crippen LogP contribution in [0.3, 0.4) is 0 Å². The zero-order valence-electron chi connectivity index (χ0n) is 14.0. The number of benzene rings is 1. The summed E-state index contributed by atoms with van der Waals surface area (Å²) in [6.45, 7) is 2.90. The number of carbonyl (C=O) groups excluding carboxylic acids is 2. The standard InChI is InChI=1S/C19H20FN3O2/c1-13-6-8-21-11-17(13)19(25)22-16-10-18(24)23(12-16)9-7-14-2-4-15(20)5-3-14/h2-6,8,11,16H,7,9-10,12H2,1H3,(H,22,25). The Labute approximate surface area is 145 Å². The number of rotatable bonds is 5. The normalized spacial score (nSPS) is 17.0. The first-order chi connectivity index (χ1) is 12.0. The highest BCUT2D eigenvalue weighted by atomic mass is 19.1. The van der Waals surface area contributed by atoms with Crippen LogP contribution in [-0.2, 0) is 11.2 Å². The van der Waals surface area contributed by atoms with Crippen LogP contribution < -0.4 is 5.32 Å². The van der Waals surface area contributed by atoms with Gasteiger partial charge in [0.05, 0.1) is 11.6 Å². The van der Waals surface area contributed by atoms with E-state index in [0.717, 1.165) is 11.1 Å². The van der Waals surface area contributed by atoms with Gasteiger partial charge in [-0.1, -0.05) is 12.1 Å². The molecule has 0 spiro atoms. The van der Waals surface area contributed by atoms with E-state index >= 15 is 0 Å². The molecule has 2 heterocycles. The van der Waals surface area contributed by atoms with Crippen molar-refractivity contribution in [3.05, 3.63) is 65.2 Å². The third-order valence-corrected chi connectivity index (χ3v) is 4.42. The molecule has 1 saturated heterocycles. The fourth-order valence-electron chi connectivity index (χ4n) is 2.96. The van der Waals surface area contributed by atoms with E-state index in [1.807, 2.05) is 6.92 Å². The summed E-state index contributed by atoms with van der Waals surface area (Å²) in [4.78, 5) is 30.2. The van der Waals surface area contributed by atoms with E-state index in [1.54, 1.807) is 29.3 Å². The Morgan fingerprint density at radius 1 is 1.32 bits per heavy atom. The molecule has 25 heavy (non-hydrogen) atoms. The molecule has 1 aliphatic heterocycles. The van der Waals surface area contributed by atoms with E-state index in [-0.39, 0.29) is 23.7 Å². The van der Waals surface area contributed by atoms with Gasteiger partial charge < -0.3 is 10.2 Å². The summed E-state index contributed by atoms with van der Waals surface area (Å²) < 4.78 is 12.9. The van der Waals surface area contributed by atoms with E-state index in [2.05, 4.69) is 10.3 Å². The predicted octanol–water partition coefficient (Wildman–Crippen LogP) is 2.10. The molecule has 0 aliphatic carbocycles. The average molecular weight is 341 g/mol. The molecule has 1 aliphatic rings. The average Bonchev–Trinajstić information content (AvgIpc) is 2.94. The SMILES string of the molecule is Cc1ccncc1C(=O)NC1CC(=O)N(CCc2ccc(F)cc2)C1. The molecule has 2 aromatic rings. The highest BCUT2D eigenvalue weighted by Crippen LogP contribution is 2.14. The van der Waals surface area contributed by atoms with Gasteiger partial charge in [0, 0.05) is 31.9 Å². The lowest BCUT2D eigenvalue weighted by Gasteiger charge is -2.17. The largest absolute Gasteiger partial charge is 0.347 e. The Hall–Kier alpha value is -2.76. The summed E-state index contributed by atoms with van der Waals surface area (Å²) in [6.07, 6.45) is 4.14. The predicted molar refractivity (Wildman–Crippen MR) is 91.5 cm³/mol. The van der Waals surface area contributed by atoms with Crippen molar-refractivity contribution in [3.8, 4) is 0 Å². The highest BCUT2D eigenvalue weighted by molar-refractivity contribution is 5.96. The lowest BCUT2D eigenvalue weighted by Crippen LogP contribution is -2.37. The number of aryl methyl sites for hydroxylation is 1. The van der Waals surface area contributed by atoms with Crippen LogP contribution in [0.15, 0.2) is 42.7 Å². The zero-order chi connectivity index (χ0) is 17.8. The number of halogens is 1. The minimum Gasteiger partial charge on any atom is -0.347 e. The van der Waals surface area contributed by atoms with Crippen molar-refractivity contribution in [1.29, 1.82) is 0 Å². The van der Waals surface area contributed by atoms with Crippen LogP contribution in [-0.4, -0.2) is 40.8 Å². The van der Waals surface area contributed by atoms with Crippen LogP contribution in [0.25, 0.3) is 0 Å². The van der Waals surface area contributed by atoms with Gasteiger partial charge in [-0.3, -0.25) is 14.6 Å². The van der Waals surface area contributed by atoms with Crippen molar-refractivity contribution in [3.63, 3.8) is 0 Å². The number of hydrogen-bond donors (Lipinski definition) is 1. The van der Waals surface area contributed by atoms with Gasteiger partial charge in [0.2, 0.25) is 5.91 Å². The Balaban J connectivity index is 1.54. The Morgan fingerprint density at radius 3 is 2.80 bits per heavy atom. The second-order valence-corrected chi connectivity index (χ2v) is 6.28. The Morgan fingerprint density at radius 2 is 2.08 bits per heavy atom. The van der Waals surface area contributed by atoms with Crippen molar-refractivity contribution in [2.45, 2.75) is 25.8 Å². The first-order valence-corrected chi connectivity index (χ1v) is 8.26. The number of hydrogen-bond acceptors (Lipinski definition) is 3. The molecule has 0 radical (unpaired) electrons. The highest BCUT2D eigenvalue weighted by Gasteiger charge is 2.30. The maximum absolute atomic E-state index is 12.9. The molecule has 1 atom stereocenters. The van der Waals surface area contributed by atoms with Gasteiger partial charge in [0.1, 0.15) is 5.82 Å². The molecule has 1 aromatic heterocycles. The lowest BCUT2D eigenvalue weighted by molar-refractivity contribution is -0.127. The third kappa shape index (κ3) is 4.21. The number of amides is 2. The van der Waals surface area contributed by atoms with E-state index in [9.17, 15) is 14.0 Å². The monoisotopic (exact) mass is 341 g/mol. The van der Waals surface area contributed by atoms with Crippen molar-refractivity contribution >= 4 is 11.8 Å². The van der Waals surface area contributed by atoms with E-state index in [1.165, 1.54) is 18.3 Å². The van der Waals surface area contributed by atoms with Gasteiger partial charge in [0.25, 0.3) is 5.91 Å². The fraction of sp³-hybridized carbons (Fsp3) is 0.316. The van der Waals surface area contributed by atoms with Gasteiger partial charge in [-0.05, 0) is 42.7 Å². The number of aromatic nitrogens is 1. The summed E-state index contributed by atoms with van der Waals surface area (Å²) in [5.41, 5.74) is 2.36. The molecule has 1 aromatic carbocycles. The Kier molecular flexibility index (Phi) is 5.07. The van der Waals surface area contributed by atoms with Crippen LogP contribution in [0.5, 0.6) is 0 Å². The molecular weight excluding hydrogens is 321 g/mol. The smallest absolute Gasteiger partial charge is 0.253 e. The molecule has 1 fully saturated rings. The minimum absolute atomic E-state index is 0.0234. The van der Waals surface area contributed by atoms with Gasteiger partial charge in [-0.25, -0.2) is 4.39 Å². The van der Waals surface area contributed by atoms with Crippen molar-refractivity contribution in [1.82, 2.24) is 15.2 Å². The Bertz CT molecular complexity index is 776. The maximum Gasteiger partial charge on any atom is 0.253 e. The third-order valence-electron chi connectivity index (χ3n) is 4.42. The molecule has 2 amide bonds. The topological polar surface area (TPSA) is 62.3 Å². The first-order valence-electron chi connectivity index (χ1n) is 8.26. The summed E-state index contributed by atoms with van der Waals surface area (Å²) in [5, 5.41) is 2.91. The van der Waals surface area contributed by atoms with Gasteiger partial charge >= 0.3 is 0 Å². The van der Waals surface area contributed by atoms with E-state index in [4.69, 9.17) is 0 Å². The summed E-state index contributed by atoms with van der Waals surface area (Å²) in [6, 6.07) is 7.86. The molecule has 0 bridgehead atoms. The van der Waals surface area contributed by atoms with Crippen molar-refractivity contribution in [2.75, 3.05) is 13.1 Å². The molecule has 1 unspecified atom stereocenters. The van der Waals surface area contributed by atoms with Crippen molar-refractivity contribution < 1.29 is 14.0 Å². The lowest BCUT2D eigenvalue weighted by atomic mass is 10.1. The molecule has 6 heteroatoms. The summed E-state index contributed by atoms with van der Waals surface area (Å²) in [5.74, 6) is -0.450. The van der Waals surface area contributed by atoms with Crippen LogP contribution in [0, 0.1) is 12.7 Å². The summed E-state index contributed by atoms with van der Waals surface area (Å²) in [7, 11) is 0.